The van der Waals surface area contributed by atoms with Gasteiger partial charge in [-0.2, -0.15) is 0 Å². The lowest BCUT2D eigenvalue weighted by Crippen LogP contribution is -2.34. The Morgan fingerprint density at radius 3 is 2.31 bits per heavy atom. The smallest absolute Gasteiger partial charge is 0.253 e. The van der Waals surface area contributed by atoms with Crippen LogP contribution in [-0.4, -0.2) is 34.9 Å². The van der Waals surface area contributed by atoms with Gasteiger partial charge in [-0.05, 0) is 55.2 Å². The maximum absolute atomic E-state index is 12.8. The SMILES string of the molecule is CCCN(CCC)C(=O)c1cccc(NC(=S)NC(=O)CCc2ccccc2)c1. The van der Waals surface area contributed by atoms with Crippen molar-refractivity contribution in [2.75, 3.05) is 18.4 Å². The second-order valence-electron chi connectivity index (χ2n) is 6.86. The third kappa shape index (κ3) is 7.66. The molecule has 2 aromatic carbocycles. The zero-order chi connectivity index (χ0) is 21.1. The van der Waals surface area contributed by atoms with E-state index in [0.717, 1.165) is 31.5 Å². The van der Waals surface area contributed by atoms with Crippen LogP contribution in [0.1, 0.15) is 49.0 Å². The highest BCUT2D eigenvalue weighted by molar-refractivity contribution is 7.80. The molecular weight excluding hydrogens is 382 g/mol. The fourth-order valence-electron chi connectivity index (χ4n) is 3.02. The first-order valence-corrected chi connectivity index (χ1v) is 10.5. The minimum atomic E-state index is -0.143. The summed E-state index contributed by atoms with van der Waals surface area (Å²) in [6.07, 6.45) is 2.85. The van der Waals surface area contributed by atoms with E-state index in [0.29, 0.717) is 24.1 Å². The van der Waals surface area contributed by atoms with E-state index in [-0.39, 0.29) is 16.9 Å². The van der Waals surface area contributed by atoms with Crippen LogP contribution in [0.25, 0.3) is 0 Å². The number of anilines is 1. The Balaban J connectivity index is 1.90. The van der Waals surface area contributed by atoms with E-state index >= 15 is 0 Å². The number of hydrogen-bond acceptors (Lipinski definition) is 3. The highest BCUT2D eigenvalue weighted by atomic mass is 32.1. The number of hydrogen-bond donors (Lipinski definition) is 2. The summed E-state index contributed by atoms with van der Waals surface area (Å²) < 4.78 is 0. The Morgan fingerprint density at radius 1 is 0.966 bits per heavy atom. The van der Waals surface area contributed by atoms with Gasteiger partial charge in [-0.15, -0.1) is 0 Å². The maximum Gasteiger partial charge on any atom is 0.253 e. The summed E-state index contributed by atoms with van der Waals surface area (Å²) in [6.45, 7) is 5.60. The molecule has 0 fully saturated rings. The molecular formula is C23H29N3O2S. The van der Waals surface area contributed by atoms with Gasteiger partial charge in [0.2, 0.25) is 5.91 Å². The second-order valence-corrected chi connectivity index (χ2v) is 7.27. The number of aryl methyl sites for hydroxylation is 1. The Morgan fingerprint density at radius 2 is 1.66 bits per heavy atom. The number of amides is 2. The normalized spacial score (nSPS) is 10.3. The van der Waals surface area contributed by atoms with Crippen molar-refractivity contribution in [1.29, 1.82) is 0 Å². The van der Waals surface area contributed by atoms with E-state index < -0.39 is 0 Å². The molecule has 0 saturated heterocycles. The molecule has 5 nitrogen and oxygen atoms in total. The molecule has 6 heteroatoms. The molecule has 2 aromatic rings. The average Bonchev–Trinajstić information content (AvgIpc) is 2.72. The number of carbonyl (C=O) groups excluding carboxylic acids is 2. The molecule has 0 aromatic heterocycles. The van der Waals surface area contributed by atoms with E-state index in [9.17, 15) is 9.59 Å². The zero-order valence-corrected chi connectivity index (χ0v) is 17.9. The van der Waals surface area contributed by atoms with Gasteiger partial charge in [0, 0.05) is 30.8 Å². The van der Waals surface area contributed by atoms with E-state index in [2.05, 4.69) is 24.5 Å². The number of carbonyl (C=O) groups is 2. The molecule has 0 atom stereocenters. The fourth-order valence-corrected chi connectivity index (χ4v) is 3.25. The van der Waals surface area contributed by atoms with Crippen molar-refractivity contribution in [3.8, 4) is 0 Å². The lowest BCUT2D eigenvalue weighted by molar-refractivity contribution is -0.119. The summed E-state index contributed by atoms with van der Waals surface area (Å²) in [4.78, 5) is 26.7. The third-order valence-corrected chi connectivity index (χ3v) is 4.58. The summed E-state index contributed by atoms with van der Waals surface area (Å²) >= 11 is 5.25. The largest absolute Gasteiger partial charge is 0.339 e. The van der Waals surface area contributed by atoms with E-state index in [1.807, 2.05) is 47.4 Å². The summed E-state index contributed by atoms with van der Waals surface area (Å²) in [5.74, 6) is -0.134. The maximum atomic E-state index is 12.8. The van der Waals surface area contributed by atoms with Crippen LogP contribution < -0.4 is 10.6 Å². The summed E-state index contributed by atoms with van der Waals surface area (Å²) in [6, 6.07) is 17.0. The molecule has 0 aliphatic heterocycles. The molecule has 2 amide bonds. The van der Waals surface area contributed by atoms with Crippen LogP contribution in [0.2, 0.25) is 0 Å². The molecule has 2 N–H and O–H groups in total. The van der Waals surface area contributed by atoms with Gasteiger partial charge in [0.15, 0.2) is 5.11 Å². The first-order valence-electron chi connectivity index (χ1n) is 10.1. The van der Waals surface area contributed by atoms with Crippen molar-refractivity contribution >= 4 is 34.8 Å². The van der Waals surface area contributed by atoms with Crippen molar-refractivity contribution in [2.24, 2.45) is 0 Å². The van der Waals surface area contributed by atoms with Gasteiger partial charge in [0.1, 0.15) is 0 Å². The van der Waals surface area contributed by atoms with Crippen molar-refractivity contribution < 1.29 is 9.59 Å². The summed E-state index contributed by atoms with van der Waals surface area (Å²) in [5, 5.41) is 5.92. The Bertz CT molecular complexity index is 818. The Labute approximate surface area is 178 Å². The molecule has 0 aliphatic rings. The van der Waals surface area contributed by atoms with Crippen LogP contribution >= 0.6 is 12.2 Å². The van der Waals surface area contributed by atoms with E-state index in [1.165, 1.54) is 0 Å². The van der Waals surface area contributed by atoms with Crippen LogP contribution in [0.4, 0.5) is 5.69 Å². The molecule has 0 bridgehead atoms. The van der Waals surface area contributed by atoms with Gasteiger partial charge in [-0.25, -0.2) is 0 Å². The van der Waals surface area contributed by atoms with Crippen LogP contribution in [0.3, 0.4) is 0 Å². The summed E-state index contributed by atoms with van der Waals surface area (Å²) in [7, 11) is 0. The quantitative estimate of drug-likeness (QED) is 0.601. The van der Waals surface area contributed by atoms with Gasteiger partial charge in [-0.1, -0.05) is 50.2 Å². The minimum Gasteiger partial charge on any atom is -0.339 e. The van der Waals surface area contributed by atoms with Crippen molar-refractivity contribution in [3.05, 3.63) is 65.7 Å². The van der Waals surface area contributed by atoms with Crippen molar-refractivity contribution in [1.82, 2.24) is 10.2 Å². The number of rotatable bonds is 9. The van der Waals surface area contributed by atoms with Gasteiger partial charge in [0.25, 0.3) is 5.91 Å². The zero-order valence-electron chi connectivity index (χ0n) is 17.1. The number of nitrogens with one attached hydrogen (secondary N) is 2. The molecule has 0 radical (unpaired) electrons. The predicted octanol–water partition coefficient (Wildman–Crippen LogP) is 4.39. The first kappa shape index (κ1) is 22.6. The molecule has 154 valence electrons. The van der Waals surface area contributed by atoms with Crippen molar-refractivity contribution in [3.63, 3.8) is 0 Å². The first-order chi connectivity index (χ1) is 14.0. The number of thiocarbonyl (C=S) groups is 1. The van der Waals surface area contributed by atoms with Gasteiger partial charge in [0.05, 0.1) is 0 Å². The Hall–Kier alpha value is -2.73. The average molecular weight is 412 g/mol. The second kappa shape index (κ2) is 12.0. The standard InChI is InChI=1S/C23H29N3O2S/c1-3-15-26(16-4-2)22(28)19-11-8-12-20(17-19)24-23(29)25-21(27)14-13-18-9-6-5-7-10-18/h5-12,17H,3-4,13-16H2,1-2H3,(H2,24,25,27,29). The van der Waals surface area contributed by atoms with Gasteiger partial charge in [-0.3, -0.25) is 9.59 Å². The van der Waals surface area contributed by atoms with Crippen molar-refractivity contribution in [2.45, 2.75) is 39.5 Å². The third-order valence-electron chi connectivity index (χ3n) is 4.38. The molecule has 0 unspecified atom stereocenters. The molecule has 0 spiro atoms. The van der Waals surface area contributed by atoms with E-state index in [1.54, 1.807) is 12.1 Å². The summed E-state index contributed by atoms with van der Waals surface area (Å²) in [5.41, 5.74) is 2.39. The topological polar surface area (TPSA) is 61.4 Å². The van der Waals surface area contributed by atoms with Crippen LogP contribution in [0.5, 0.6) is 0 Å². The Kier molecular flexibility index (Phi) is 9.31. The fraction of sp³-hybridized carbons (Fsp3) is 0.348. The van der Waals surface area contributed by atoms with Crippen LogP contribution in [-0.2, 0) is 11.2 Å². The van der Waals surface area contributed by atoms with Gasteiger partial charge < -0.3 is 15.5 Å². The van der Waals surface area contributed by atoms with Crippen LogP contribution in [0.15, 0.2) is 54.6 Å². The molecule has 0 heterocycles. The molecule has 0 aliphatic carbocycles. The number of nitrogens with zero attached hydrogens (tertiary/aromatic N) is 1. The molecule has 0 saturated carbocycles. The molecule has 29 heavy (non-hydrogen) atoms. The van der Waals surface area contributed by atoms with Gasteiger partial charge >= 0.3 is 0 Å². The van der Waals surface area contributed by atoms with E-state index in [4.69, 9.17) is 12.2 Å². The molecule has 2 rings (SSSR count). The van der Waals surface area contributed by atoms with Crippen LogP contribution in [0, 0.1) is 0 Å². The minimum absolute atomic E-state index is 0.00941. The lowest BCUT2D eigenvalue weighted by atomic mass is 10.1. The highest BCUT2D eigenvalue weighted by Gasteiger charge is 2.15. The predicted molar refractivity (Wildman–Crippen MR) is 122 cm³/mol. The monoisotopic (exact) mass is 411 g/mol. The lowest BCUT2D eigenvalue weighted by Gasteiger charge is -2.21. The number of benzene rings is 2. The highest BCUT2D eigenvalue weighted by Crippen LogP contribution is 2.14.